The Morgan fingerprint density at radius 1 is 1.12 bits per heavy atom. The summed E-state index contributed by atoms with van der Waals surface area (Å²) >= 11 is 0. The summed E-state index contributed by atoms with van der Waals surface area (Å²) in [6, 6.07) is 8.09. The SMILES string of the molecule is Cc1ccc(C)c(C(N)c2ccnnc2)c1. The number of nitrogens with zero attached hydrogens (tertiary/aromatic N) is 2. The second-order valence-corrected chi connectivity index (χ2v) is 4.01. The second kappa shape index (κ2) is 4.41. The molecule has 82 valence electrons. The molecule has 16 heavy (non-hydrogen) atoms. The van der Waals surface area contributed by atoms with Gasteiger partial charge in [-0.1, -0.05) is 23.8 Å². The molecule has 3 heteroatoms. The molecular formula is C13H15N3. The molecule has 1 heterocycles. The van der Waals surface area contributed by atoms with E-state index in [1.54, 1.807) is 12.4 Å². The molecule has 1 unspecified atom stereocenters. The smallest absolute Gasteiger partial charge is 0.0570 e. The lowest BCUT2D eigenvalue weighted by Gasteiger charge is -2.15. The lowest BCUT2D eigenvalue weighted by molar-refractivity contribution is 0.837. The average Bonchev–Trinajstić information content (AvgIpc) is 2.32. The molecule has 1 aromatic heterocycles. The highest BCUT2D eigenvalue weighted by Crippen LogP contribution is 2.22. The summed E-state index contributed by atoms with van der Waals surface area (Å²) in [7, 11) is 0. The van der Waals surface area contributed by atoms with E-state index in [1.807, 2.05) is 6.07 Å². The van der Waals surface area contributed by atoms with Crippen LogP contribution >= 0.6 is 0 Å². The van der Waals surface area contributed by atoms with Crippen LogP contribution in [-0.4, -0.2) is 10.2 Å². The molecule has 0 radical (unpaired) electrons. The minimum Gasteiger partial charge on any atom is -0.320 e. The van der Waals surface area contributed by atoms with E-state index in [-0.39, 0.29) is 6.04 Å². The van der Waals surface area contributed by atoms with Crippen LogP contribution in [0.2, 0.25) is 0 Å². The van der Waals surface area contributed by atoms with Crippen molar-refractivity contribution in [1.29, 1.82) is 0 Å². The van der Waals surface area contributed by atoms with Crippen molar-refractivity contribution in [3.05, 3.63) is 58.9 Å². The molecule has 0 aliphatic heterocycles. The summed E-state index contributed by atoms with van der Waals surface area (Å²) in [6.45, 7) is 4.14. The van der Waals surface area contributed by atoms with E-state index in [1.165, 1.54) is 11.1 Å². The van der Waals surface area contributed by atoms with Crippen LogP contribution in [0.1, 0.15) is 28.3 Å². The Balaban J connectivity index is 2.41. The summed E-state index contributed by atoms with van der Waals surface area (Å²) in [5, 5.41) is 7.61. The van der Waals surface area contributed by atoms with Gasteiger partial charge in [0.1, 0.15) is 0 Å². The molecule has 0 saturated carbocycles. The molecule has 1 aromatic carbocycles. The van der Waals surface area contributed by atoms with Crippen LogP contribution < -0.4 is 5.73 Å². The maximum absolute atomic E-state index is 6.22. The molecule has 1 atom stereocenters. The summed E-state index contributed by atoms with van der Waals surface area (Å²) in [6.07, 6.45) is 3.38. The Labute approximate surface area is 95.3 Å². The fourth-order valence-corrected chi connectivity index (χ4v) is 1.76. The van der Waals surface area contributed by atoms with Gasteiger partial charge >= 0.3 is 0 Å². The fraction of sp³-hybridized carbons (Fsp3) is 0.231. The van der Waals surface area contributed by atoms with E-state index in [0.29, 0.717) is 0 Å². The number of aromatic nitrogens is 2. The third-order valence-electron chi connectivity index (χ3n) is 2.74. The van der Waals surface area contributed by atoms with E-state index >= 15 is 0 Å². The lowest BCUT2D eigenvalue weighted by atomic mass is 9.95. The molecule has 0 fully saturated rings. The molecule has 2 rings (SSSR count). The van der Waals surface area contributed by atoms with Gasteiger partial charge < -0.3 is 5.73 Å². The zero-order valence-electron chi connectivity index (χ0n) is 9.51. The van der Waals surface area contributed by atoms with E-state index < -0.39 is 0 Å². The van der Waals surface area contributed by atoms with Crippen LogP contribution in [0.3, 0.4) is 0 Å². The zero-order valence-corrected chi connectivity index (χ0v) is 9.51. The Bertz CT molecular complexity index is 480. The van der Waals surface area contributed by atoms with Crippen LogP contribution in [0.25, 0.3) is 0 Å². The number of benzene rings is 1. The predicted molar refractivity (Wildman–Crippen MR) is 64.0 cm³/mol. The average molecular weight is 213 g/mol. The first-order chi connectivity index (χ1) is 7.68. The van der Waals surface area contributed by atoms with Gasteiger partial charge in [0, 0.05) is 6.20 Å². The van der Waals surface area contributed by atoms with Gasteiger partial charge in [-0.15, -0.1) is 0 Å². The van der Waals surface area contributed by atoms with Gasteiger partial charge in [-0.3, -0.25) is 0 Å². The van der Waals surface area contributed by atoms with Gasteiger partial charge in [0.2, 0.25) is 0 Å². The number of aryl methyl sites for hydroxylation is 2. The fourth-order valence-electron chi connectivity index (χ4n) is 1.76. The van der Waals surface area contributed by atoms with Crippen LogP contribution in [0, 0.1) is 13.8 Å². The monoisotopic (exact) mass is 213 g/mol. The van der Waals surface area contributed by atoms with Gasteiger partial charge in [-0.25, -0.2) is 0 Å². The van der Waals surface area contributed by atoms with Gasteiger partial charge in [-0.2, -0.15) is 10.2 Å². The zero-order chi connectivity index (χ0) is 11.5. The molecule has 0 bridgehead atoms. The topological polar surface area (TPSA) is 51.8 Å². The molecular weight excluding hydrogens is 198 g/mol. The van der Waals surface area contributed by atoms with Gasteiger partial charge in [0.15, 0.2) is 0 Å². The first kappa shape index (κ1) is 10.8. The summed E-state index contributed by atoms with van der Waals surface area (Å²) in [5.74, 6) is 0. The molecule has 0 aliphatic rings. The Kier molecular flexibility index (Phi) is 2.97. The van der Waals surface area contributed by atoms with E-state index in [0.717, 1.165) is 11.1 Å². The largest absolute Gasteiger partial charge is 0.320 e. The van der Waals surface area contributed by atoms with Gasteiger partial charge in [0.05, 0.1) is 12.2 Å². The Morgan fingerprint density at radius 3 is 2.62 bits per heavy atom. The highest BCUT2D eigenvalue weighted by molar-refractivity contribution is 5.37. The summed E-state index contributed by atoms with van der Waals surface area (Å²) < 4.78 is 0. The summed E-state index contributed by atoms with van der Waals surface area (Å²) in [4.78, 5) is 0. The maximum Gasteiger partial charge on any atom is 0.0570 e. The molecule has 2 aromatic rings. The molecule has 0 saturated heterocycles. The van der Waals surface area contributed by atoms with E-state index in [4.69, 9.17) is 5.73 Å². The van der Waals surface area contributed by atoms with E-state index in [2.05, 4.69) is 42.2 Å². The second-order valence-electron chi connectivity index (χ2n) is 4.01. The molecule has 0 amide bonds. The number of hydrogen-bond donors (Lipinski definition) is 1. The third-order valence-corrected chi connectivity index (χ3v) is 2.74. The first-order valence-corrected chi connectivity index (χ1v) is 5.28. The highest BCUT2D eigenvalue weighted by atomic mass is 15.1. The molecule has 0 aliphatic carbocycles. The quantitative estimate of drug-likeness (QED) is 0.831. The van der Waals surface area contributed by atoms with Crippen LogP contribution in [-0.2, 0) is 0 Å². The van der Waals surface area contributed by atoms with Crippen molar-refractivity contribution in [2.24, 2.45) is 5.73 Å². The lowest BCUT2D eigenvalue weighted by Crippen LogP contribution is -2.13. The molecule has 0 spiro atoms. The van der Waals surface area contributed by atoms with Crippen molar-refractivity contribution in [1.82, 2.24) is 10.2 Å². The van der Waals surface area contributed by atoms with Crippen molar-refractivity contribution in [3.63, 3.8) is 0 Å². The predicted octanol–water partition coefficient (Wildman–Crippen LogP) is 2.14. The van der Waals surface area contributed by atoms with Crippen LogP contribution in [0.4, 0.5) is 0 Å². The molecule has 2 N–H and O–H groups in total. The van der Waals surface area contributed by atoms with Gasteiger partial charge in [0.25, 0.3) is 0 Å². The van der Waals surface area contributed by atoms with Gasteiger partial charge in [-0.05, 0) is 36.6 Å². The first-order valence-electron chi connectivity index (χ1n) is 5.28. The number of hydrogen-bond acceptors (Lipinski definition) is 3. The maximum atomic E-state index is 6.22. The van der Waals surface area contributed by atoms with Crippen molar-refractivity contribution in [3.8, 4) is 0 Å². The Morgan fingerprint density at radius 2 is 1.94 bits per heavy atom. The van der Waals surface area contributed by atoms with Crippen LogP contribution in [0.5, 0.6) is 0 Å². The molecule has 3 nitrogen and oxygen atoms in total. The third kappa shape index (κ3) is 2.09. The number of nitrogens with two attached hydrogens (primary N) is 1. The minimum absolute atomic E-state index is 0.129. The van der Waals surface area contributed by atoms with Crippen molar-refractivity contribution in [2.75, 3.05) is 0 Å². The minimum atomic E-state index is -0.129. The Hall–Kier alpha value is -1.74. The van der Waals surface area contributed by atoms with Crippen molar-refractivity contribution >= 4 is 0 Å². The van der Waals surface area contributed by atoms with Crippen molar-refractivity contribution < 1.29 is 0 Å². The number of rotatable bonds is 2. The normalized spacial score (nSPS) is 12.4. The standard InChI is InChI=1S/C13H15N3/c1-9-3-4-10(2)12(7-9)13(14)11-5-6-15-16-8-11/h3-8,13H,14H2,1-2H3. The van der Waals surface area contributed by atoms with E-state index in [9.17, 15) is 0 Å². The highest BCUT2D eigenvalue weighted by Gasteiger charge is 2.11. The summed E-state index contributed by atoms with van der Waals surface area (Å²) in [5.41, 5.74) is 10.8. The van der Waals surface area contributed by atoms with Crippen LogP contribution in [0.15, 0.2) is 36.7 Å². The van der Waals surface area contributed by atoms with Crippen molar-refractivity contribution in [2.45, 2.75) is 19.9 Å².